The van der Waals surface area contributed by atoms with E-state index in [2.05, 4.69) is 18.0 Å². The molecule has 0 aliphatic heterocycles. The van der Waals surface area contributed by atoms with Gasteiger partial charge in [0.1, 0.15) is 0 Å². The van der Waals surface area contributed by atoms with Crippen molar-refractivity contribution in [1.29, 1.82) is 0 Å². The van der Waals surface area contributed by atoms with E-state index >= 15 is 0 Å². The maximum absolute atomic E-state index is 5.38. The molecular weight excluding hydrogens is 196 g/mol. The lowest BCUT2D eigenvalue weighted by molar-refractivity contribution is 0.418. The number of rotatable bonds is 1. The SMILES string of the molecule is CC.CCc1ccc(C)nc1.NC1CCC1. The van der Waals surface area contributed by atoms with Crippen LogP contribution in [0.1, 0.15) is 51.3 Å². The first-order chi connectivity index (χ1) is 7.72. The van der Waals surface area contributed by atoms with E-state index in [0.717, 1.165) is 12.1 Å². The van der Waals surface area contributed by atoms with Crippen LogP contribution in [-0.2, 0) is 6.42 Å². The van der Waals surface area contributed by atoms with Gasteiger partial charge in [-0.1, -0.05) is 33.3 Å². The van der Waals surface area contributed by atoms with Crippen molar-refractivity contribution >= 4 is 0 Å². The number of nitrogens with zero attached hydrogens (tertiary/aromatic N) is 1. The quantitative estimate of drug-likeness (QED) is 0.790. The maximum atomic E-state index is 5.38. The predicted molar refractivity (Wildman–Crippen MR) is 71.5 cm³/mol. The van der Waals surface area contributed by atoms with E-state index in [4.69, 9.17) is 5.73 Å². The van der Waals surface area contributed by atoms with Gasteiger partial charge in [-0.05, 0) is 37.8 Å². The summed E-state index contributed by atoms with van der Waals surface area (Å²) >= 11 is 0. The van der Waals surface area contributed by atoms with Crippen LogP contribution in [0.15, 0.2) is 18.3 Å². The lowest BCUT2D eigenvalue weighted by Crippen LogP contribution is -2.27. The number of hydrogen-bond donors (Lipinski definition) is 1. The minimum Gasteiger partial charge on any atom is -0.328 e. The predicted octanol–water partition coefficient (Wildman–Crippen LogP) is 3.48. The van der Waals surface area contributed by atoms with E-state index in [1.165, 1.54) is 24.8 Å². The average Bonchev–Trinajstić information content (AvgIpc) is 2.31. The van der Waals surface area contributed by atoms with Crippen LogP contribution >= 0.6 is 0 Å². The third-order valence-corrected chi connectivity index (χ3v) is 2.53. The fraction of sp³-hybridized carbons (Fsp3) is 0.643. The Morgan fingerprint density at radius 2 is 1.88 bits per heavy atom. The molecule has 0 unspecified atom stereocenters. The van der Waals surface area contributed by atoms with Crippen molar-refractivity contribution in [2.24, 2.45) is 5.73 Å². The van der Waals surface area contributed by atoms with E-state index in [0.29, 0.717) is 6.04 Å². The zero-order chi connectivity index (χ0) is 12.4. The highest BCUT2D eigenvalue weighted by Crippen LogP contribution is 2.14. The van der Waals surface area contributed by atoms with Gasteiger partial charge in [-0.3, -0.25) is 4.98 Å². The Morgan fingerprint density at radius 1 is 1.31 bits per heavy atom. The second-order valence-electron chi connectivity index (χ2n) is 3.85. The number of nitrogens with two attached hydrogens (primary N) is 1. The molecule has 1 aromatic rings. The van der Waals surface area contributed by atoms with E-state index in [9.17, 15) is 0 Å². The molecule has 0 radical (unpaired) electrons. The summed E-state index contributed by atoms with van der Waals surface area (Å²) in [4.78, 5) is 4.15. The molecule has 0 amide bonds. The van der Waals surface area contributed by atoms with Crippen LogP contribution in [0.3, 0.4) is 0 Å². The standard InChI is InChI=1S/C8H11N.C4H9N.C2H6/c1-3-8-5-4-7(2)9-6-8;5-4-2-1-3-4;1-2/h4-6H,3H2,1-2H3;4H,1-3,5H2;1-2H3. The molecule has 1 heterocycles. The van der Waals surface area contributed by atoms with Crippen molar-refractivity contribution in [2.75, 3.05) is 0 Å². The summed E-state index contributed by atoms with van der Waals surface area (Å²) in [6.07, 6.45) is 6.89. The number of pyridine rings is 1. The molecule has 1 aromatic heterocycles. The smallest absolute Gasteiger partial charge is 0.0372 e. The Kier molecular flexibility index (Phi) is 8.82. The molecule has 1 aliphatic carbocycles. The molecule has 2 nitrogen and oxygen atoms in total. The third kappa shape index (κ3) is 6.57. The van der Waals surface area contributed by atoms with E-state index in [1.807, 2.05) is 33.0 Å². The van der Waals surface area contributed by atoms with Gasteiger partial charge in [-0.2, -0.15) is 0 Å². The third-order valence-electron chi connectivity index (χ3n) is 2.53. The van der Waals surface area contributed by atoms with Crippen molar-refractivity contribution in [3.8, 4) is 0 Å². The molecule has 1 saturated carbocycles. The summed E-state index contributed by atoms with van der Waals surface area (Å²) < 4.78 is 0. The van der Waals surface area contributed by atoms with E-state index in [1.54, 1.807) is 0 Å². The highest BCUT2D eigenvalue weighted by Gasteiger charge is 2.09. The fourth-order valence-electron chi connectivity index (χ4n) is 1.15. The van der Waals surface area contributed by atoms with Crippen molar-refractivity contribution in [3.05, 3.63) is 29.6 Å². The first-order valence-electron chi connectivity index (χ1n) is 6.39. The Labute approximate surface area is 100 Å². The minimum atomic E-state index is 0.565. The number of aryl methyl sites for hydroxylation is 2. The van der Waals surface area contributed by atoms with Gasteiger partial charge in [-0.15, -0.1) is 0 Å². The molecule has 2 heteroatoms. The molecule has 2 rings (SSSR count). The lowest BCUT2D eigenvalue weighted by atomic mass is 9.95. The van der Waals surface area contributed by atoms with Crippen molar-refractivity contribution in [1.82, 2.24) is 4.98 Å². The van der Waals surface area contributed by atoms with Crippen LogP contribution in [-0.4, -0.2) is 11.0 Å². The minimum absolute atomic E-state index is 0.565. The molecule has 0 aromatic carbocycles. The molecule has 0 saturated heterocycles. The summed E-state index contributed by atoms with van der Waals surface area (Å²) in [5.74, 6) is 0. The zero-order valence-electron chi connectivity index (χ0n) is 11.2. The van der Waals surface area contributed by atoms with Crippen LogP contribution < -0.4 is 5.73 Å². The lowest BCUT2D eigenvalue weighted by Gasteiger charge is -2.18. The Morgan fingerprint density at radius 3 is 2.12 bits per heavy atom. The maximum Gasteiger partial charge on any atom is 0.0372 e. The zero-order valence-corrected chi connectivity index (χ0v) is 11.2. The summed E-state index contributed by atoms with van der Waals surface area (Å²) in [5, 5.41) is 0. The Hall–Kier alpha value is -0.890. The van der Waals surface area contributed by atoms with E-state index in [-0.39, 0.29) is 0 Å². The summed E-state index contributed by atoms with van der Waals surface area (Å²) in [6, 6.07) is 4.72. The van der Waals surface area contributed by atoms with Crippen LogP contribution in [0.25, 0.3) is 0 Å². The number of hydrogen-bond acceptors (Lipinski definition) is 2. The molecule has 1 fully saturated rings. The molecule has 16 heavy (non-hydrogen) atoms. The summed E-state index contributed by atoms with van der Waals surface area (Å²) in [6.45, 7) is 8.13. The summed E-state index contributed by atoms with van der Waals surface area (Å²) in [5.41, 5.74) is 7.77. The van der Waals surface area contributed by atoms with Gasteiger partial charge in [0.15, 0.2) is 0 Å². The molecular formula is C14H26N2. The molecule has 2 N–H and O–H groups in total. The first kappa shape index (κ1) is 15.1. The van der Waals surface area contributed by atoms with Gasteiger partial charge < -0.3 is 5.73 Å². The average molecular weight is 222 g/mol. The summed E-state index contributed by atoms with van der Waals surface area (Å²) in [7, 11) is 0. The topological polar surface area (TPSA) is 38.9 Å². The normalized spacial score (nSPS) is 13.8. The Balaban J connectivity index is 0.000000272. The molecule has 0 atom stereocenters. The fourth-order valence-corrected chi connectivity index (χ4v) is 1.15. The van der Waals surface area contributed by atoms with Gasteiger partial charge in [0, 0.05) is 17.9 Å². The van der Waals surface area contributed by atoms with E-state index < -0.39 is 0 Å². The molecule has 0 spiro atoms. The van der Waals surface area contributed by atoms with Crippen molar-refractivity contribution in [2.45, 2.75) is 59.4 Å². The van der Waals surface area contributed by atoms with Gasteiger partial charge in [-0.25, -0.2) is 0 Å². The molecule has 1 aliphatic rings. The largest absolute Gasteiger partial charge is 0.328 e. The van der Waals surface area contributed by atoms with Gasteiger partial charge in [0.25, 0.3) is 0 Å². The second kappa shape index (κ2) is 9.34. The monoisotopic (exact) mass is 222 g/mol. The highest BCUT2D eigenvalue weighted by atomic mass is 14.7. The molecule has 92 valence electrons. The van der Waals surface area contributed by atoms with Crippen LogP contribution in [0.4, 0.5) is 0 Å². The van der Waals surface area contributed by atoms with Gasteiger partial charge in [0.2, 0.25) is 0 Å². The Bertz CT molecular complexity index is 250. The second-order valence-corrected chi connectivity index (χ2v) is 3.85. The van der Waals surface area contributed by atoms with Crippen LogP contribution in [0.5, 0.6) is 0 Å². The van der Waals surface area contributed by atoms with Gasteiger partial charge in [0.05, 0.1) is 0 Å². The van der Waals surface area contributed by atoms with Crippen molar-refractivity contribution in [3.63, 3.8) is 0 Å². The molecule has 0 bridgehead atoms. The van der Waals surface area contributed by atoms with Crippen LogP contribution in [0, 0.1) is 6.92 Å². The van der Waals surface area contributed by atoms with Gasteiger partial charge >= 0.3 is 0 Å². The highest BCUT2D eigenvalue weighted by molar-refractivity contribution is 5.12. The van der Waals surface area contributed by atoms with Crippen LogP contribution in [0.2, 0.25) is 0 Å². The first-order valence-corrected chi connectivity index (χ1v) is 6.39. The van der Waals surface area contributed by atoms with Crippen molar-refractivity contribution < 1.29 is 0 Å². The number of aromatic nitrogens is 1.